The Morgan fingerprint density at radius 3 is 2.45 bits per heavy atom. The highest BCUT2D eigenvalue weighted by atomic mass is 19.4. The lowest BCUT2D eigenvalue weighted by atomic mass is 10.0. The van der Waals surface area contributed by atoms with E-state index in [2.05, 4.69) is 15.2 Å². The van der Waals surface area contributed by atoms with Gasteiger partial charge in [-0.1, -0.05) is 12.1 Å². The highest BCUT2D eigenvalue weighted by molar-refractivity contribution is 5.93. The van der Waals surface area contributed by atoms with Gasteiger partial charge < -0.3 is 14.8 Å². The number of halogens is 3. The van der Waals surface area contributed by atoms with Crippen LogP contribution in [-0.2, 0) is 10.9 Å². The van der Waals surface area contributed by atoms with Crippen LogP contribution < -0.4 is 10.1 Å². The van der Waals surface area contributed by atoms with Gasteiger partial charge in [-0.2, -0.15) is 13.2 Å². The van der Waals surface area contributed by atoms with E-state index in [0.717, 1.165) is 29.6 Å². The molecule has 0 aliphatic carbocycles. The average Bonchev–Trinajstić information content (AvgIpc) is 2.74. The average molecular weight is 409 g/mol. The third-order valence-corrected chi connectivity index (χ3v) is 4.76. The van der Waals surface area contributed by atoms with Crippen molar-refractivity contribution in [2.75, 3.05) is 40.0 Å². The number of benzene rings is 1. The minimum atomic E-state index is -4.54. The molecule has 1 aliphatic heterocycles. The minimum absolute atomic E-state index is 0.0773. The molecule has 1 unspecified atom stereocenters. The van der Waals surface area contributed by atoms with Crippen LogP contribution in [0.15, 0.2) is 42.6 Å². The molecule has 0 bridgehead atoms. The Labute approximate surface area is 166 Å². The second-order valence-electron chi connectivity index (χ2n) is 6.58. The molecule has 1 aliphatic rings. The molecular formula is C20H22F3N3O3. The predicted molar refractivity (Wildman–Crippen MR) is 99.7 cm³/mol. The summed E-state index contributed by atoms with van der Waals surface area (Å²) in [6.45, 7) is 2.93. The molecule has 1 atom stereocenters. The number of hydrogen-bond donors (Lipinski definition) is 1. The van der Waals surface area contributed by atoms with Gasteiger partial charge in [-0.3, -0.25) is 14.7 Å². The van der Waals surface area contributed by atoms with Crippen molar-refractivity contribution in [1.29, 1.82) is 0 Å². The lowest BCUT2D eigenvalue weighted by Gasteiger charge is -2.35. The summed E-state index contributed by atoms with van der Waals surface area (Å²) in [6.07, 6.45) is -3.60. The molecule has 1 aromatic carbocycles. The highest BCUT2D eigenvalue weighted by Gasteiger charge is 2.32. The lowest BCUT2D eigenvalue weighted by molar-refractivity contribution is -0.141. The lowest BCUT2D eigenvalue weighted by Crippen LogP contribution is -2.43. The van der Waals surface area contributed by atoms with Crippen molar-refractivity contribution in [2.24, 2.45) is 0 Å². The maximum absolute atomic E-state index is 12.6. The normalized spacial score (nSPS) is 16.3. The van der Waals surface area contributed by atoms with Gasteiger partial charge in [-0.05, 0) is 29.8 Å². The van der Waals surface area contributed by atoms with Gasteiger partial charge in [0.15, 0.2) is 0 Å². The molecule has 2 heterocycles. The zero-order valence-corrected chi connectivity index (χ0v) is 15.9. The van der Waals surface area contributed by atoms with Crippen LogP contribution in [0.3, 0.4) is 0 Å². The number of aromatic nitrogens is 1. The van der Waals surface area contributed by atoms with Gasteiger partial charge in [0.2, 0.25) is 0 Å². The third kappa shape index (κ3) is 5.45. The first-order valence-corrected chi connectivity index (χ1v) is 9.15. The van der Waals surface area contributed by atoms with Gasteiger partial charge in [-0.15, -0.1) is 0 Å². The van der Waals surface area contributed by atoms with Crippen molar-refractivity contribution < 1.29 is 27.4 Å². The van der Waals surface area contributed by atoms with Gasteiger partial charge in [0.05, 0.1) is 31.9 Å². The zero-order chi connectivity index (χ0) is 20.9. The second kappa shape index (κ2) is 9.23. The Balaban J connectivity index is 1.70. The van der Waals surface area contributed by atoms with Crippen LogP contribution in [0.25, 0.3) is 0 Å². The summed E-state index contributed by atoms with van der Waals surface area (Å²) < 4.78 is 48.5. The monoisotopic (exact) mass is 409 g/mol. The van der Waals surface area contributed by atoms with Crippen molar-refractivity contribution in [3.63, 3.8) is 0 Å². The Morgan fingerprint density at radius 1 is 1.21 bits per heavy atom. The largest absolute Gasteiger partial charge is 0.497 e. The van der Waals surface area contributed by atoms with Crippen molar-refractivity contribution in [3.8, 4) is 5.75 Å². The Morgan fingerprint density at radius 2 is 1.90 bits per heavy atom. The molecule has 1 fully saturated rings. The minimum Gasteiger partial charge on any atom is -0.497 e. The summed E-state index contributed by atoms with van der Waals surface area (Å²) in [5, 5.41) is 2.81. The maximum Gasteiger partial charge on any atom is 0.433 e. The molecule has 0 spiro atoms. The van der Waals surface area contributed by atoms with Gasteiger partial charge in [-0.25, -0.2) is 0 Å². The van der Waals surface area contributed by atoms with E-state index in [4.69, 9.17) is 9.47 Å². The first kappa shape index (κ1) is 21.1. The fourth-order valence-corrected chi connectivity index (χ4v) is 3.16. The van der Waals surface area contributed by atoms with E-state index in [1.54, 1.807) is 7.11 Å². The molecule has 1 amide bonds. The number of carbonyl (C=O) groups is 1. The van der Waals surface area contributed by atoms with E-state index in [1.165, 1.54) is 0 Å². The Kier molecular flexibility index (Phi) is 6.71. The molecule has 0 radical (unpaired) electrons. The number of rotatable bonds is 6. The van der Waals surface area contributed by atoms with Gasteiger partial charge in [0.1, 0.15) is 11.4 Å². The fraction of sp³-hybridized carbons (Fsp3) is 0.400. The van der Waals surface area contributed by atoms with Crippen LogP contribution in [0, 0.1) is 0 Å². The molecule has 29 heavy (non-hydrogen) atoms. The smallest absolute Gasteiger partial charge is 0.433 e. The molecule has 2 aromatic rings. The molecule has 1 N–H and O–H groups in total. The van der Waals surface area contributed by atoms with Crippen LogP contribution >= 0.6 is 0 Å². The number of carbonyl (C=O) groups excluding carboxylic acids is 1. The number of nitrogens with one attached hydrogen (secondary N) is 1. The summed E-state index contributed by atoms with van der Waals surface area (Å²) in [4.78, 5) is 18.0. The fourth-order valence-electron chi connectivity index (χ4n) is 3.16. The van der Waals surface area contributed by atoms with E-state index < -0.39 is 17.8 Å². The van der Waals surface area contributed by atoms with E-state index in [-0.39, 0.29) is 11.6 Å². The zero-order valence-electron chi connectivity index (χ0n) is 15.9. The molecule has 6 nitrogen and oxygen atoms in total. The number of morpholine rings is 1. The molecule has 0 saturated carbocycles. The Bertz CT molecular complexity index is 804. The van der Waals surface area contributed by atoms with Crippen molar-refractivity contribution >= 4 is 5.91 Å². The summed E-state index contributed by atoms with van der Waals surface area (Å²) in [5.41, 5.74) is 0.0467. The predicted octanol–water partition coefficient (Wildman–Crippen LogP) is 2.91. The summed E-state index contributed by atoms with van der Waals surface area (Å²) in [7, 11) is 1.59. The van der Waals surface area contributed by atoms with Crippen molar-refractivity contribution in [3.05, 3.63) is 59.4 Å². The first-order valence-electron chi connectivity index (χ1n) is 9.15. The highest BCUT2D eigenvalue weighted by Crippen LogP contribution is 2.27. The number of alkyl halides is 3. The van der Waals surface area contributed by atoms with E-state index in [9.17, 15) is 18.0 Å². The quantitative estimate of drug-likeness (QED) is 0.795. The van der Waals surface area contributed by atoms with Gasteiger partial charge in [0, 0.05) is 25.8 Å². The molecular weight excluding hydrogens is 387 g/mol. The van der Waals surface area contributed by atoms with Crippen LogP contribution in [0.2, 0.25) is 0 Å². The van der Waals surface area contributed by atoms with E-state index in [1.807, 2.05) is 24.3 Å². The van der Waals surface area contributed by atoms with E-state index in [0.29, 0.717) is 32.8 Å². The molecule has 156 valence electrons. The van der Waals surface area contributed by atoms with Crippen molar-refractivity contribution in [1.82, 2.24) is 15.2 Å². The van der Waals surface area contributed by atoms with Crippen LogP contribution in [0.5, 0.6) is 5.75 Å². The molecule has 1 aromatic heterocycles. The second-order valence-corrected chi connectivity index (χ2v) is 6.58. The summed E-state index contributed by atoms with van der Waals surface area (Å²) in [5.74, 6) is 0.257. The SMILES string of the molecule is COc1ccc(C(CNC(=O)c2ccc(C(F)(F)F)nc2)N2CCOCC2)cc1. The number of nitrogens with zero attached hydrogens (tertiary/aromatic N) is 2. The third-order valence-electron chi connectivity index (χ3n) is 4.76. The van der Waals surface area contributed by atoms with Crippen molar-refractivity contribution in [2.45, 2.75) is 12.2 Å². The van der Waals surface area contributed by atoms with Crippen LogP contribution in [0.4, 0.5) is 13.2 Å². The van der Waals surface area contributed by atoms with Crippen LogP contribution in [0.1, 0.15) is 27.7 Å². The van der Waals surface area contributed by atoms with Gasteiger partial charge >= 0.3 is 6.18 Å². The number of ether oxygens (including phenoxy) is 2. The topological polar surface area (TPSA) is 63.7 Å². The number of pyridine rings is 1. The number of amides is 1. The standard InChI is InChI=1S/C20H22F3N3O3/c1-28-16-5-2-14(3-6-16)17(26-8-10-29-11-9-26)13-25-19(27)15-4-7-18(24-12-15)20(21,22)23/h2-7,12,17H,8-11,13H2,1H3,(H,25,27). The number of methoxy groups -OCH3 is 1. The van der Waals surface area contributed by atoms with Crippen LogP contribution in [-0.4, -0.2) is 55.7 Å². The Hall–Kier alpha value is -2.65. The maximum atomic E-state index is 12.6. The molecule has 3 rings (SSSR count). The summed E-state index contributed by atoms with van der Waals surface area (Å²) in [6, 6.07) is 9.40. The van der Waals surface area contributed by atoms with E-state index >= 15 is 0 Å². The summed E-state index contributed by atoms with van der Waals surface area (Å²) >= 11 is 0. The number of hydrogen-bond acceptors (Lipinski definition) is 5. The first-order chi connectivity index (χ1) is 13.9. The molecule has 9 heteroatoms. The molecule has 1 saturated heterocycles. The van der Waals surface area contributed by atoms with Gasteiger partial charge in [0.25, 0.3) is 5.91 Å².